The van der Waals surface area contributed by atoms with Crippen LogP contribution in [0.15, 0.2) is 12.1 Å². The number of hydrogen-bond donors (Lipinski definition) is 2. The lowest BCUT2D eigenvalue weighted by Crippen LogP contribution is -2.30. The second-order valence-electron chi connectivity index (χ2n) is 7.78. The minimum absolute atomic E-state index is 0.0163. The van der Waals surface area contributed by atoms with Gasteiger partial charge in [0.1, 0.15) is 0 Å². The second-order valence-corrected chi connectivity index (χ2v) is 9.35. The maximum absolute atomic E-state index is 10.9. The van der Waals surface area contributed by atoms with Crippen molar-refractivity contribution in [1.82, 2.24) is 9.62 Å². The Bertz CT molecular complexity index is 674. The van der Waals surface area contributed by atoms with Crippen LogP contribution in [-0.2, 0) is 23.2 Å². The summed E-state index contributed by atoms with van der Waals surface area (Å²) in [7, 11) is 0. The van der Waals surface area contributed by atoms with E-state index in [2.05, 4.69) is 23.5 Å². The number of nitrogens with one attached hydrogen (secondary N) is 1. The second kappa shape index (κ2) is 8.46. The quantitative estimate of drug-likeness (QED) is 0.454. The highest BCUT2D eigenvalue weighted by Crippen LogP contribution is 2.65. The lowest BCUT2D eigenvalue weighted by molar-refractivity contribution is 0.271. The summed E-state index contributed by atoms with van der Waals surface area (Å²) in [5, 5.41) is 1.34. The van der Waals surface area contributed by atoms with Crippen molar-refractivity contribution in [3.63, 3.8) is 0 Å². The van der Waals surface area contributed by atoms with Crippen molar-refractivity contribution in [1.29, 1.82) is 0 Å². The molecule has 0 spiro atoms. The average molecular weight is 419 g/mol. The average Bonchev–Trinajstić information content (AvgIpc) is 2.95. The molecule has 3 rings (SSSR count). The highest BCUT2D eigenvalue weighted by Gasteiger charge is 2.66. The molecule has 0 amide bonds. The minimum atomic E-state index is -2.05. The van der Waals surface area contributed by atoms with E-state index in [1.807, 2.05) is 12.1 Å². The van der Waals surface area contributed by atoms with Gasteiger partial charge in [-0.05, 0) is 42.0 Å². The first-order chi connectivity index (χ1) is 12.4. The van der Waals surface area contributed by atoms with Gasteiger partial charge in [0.15, 0.2) is 0 Å². The van der Waals surface area contributed by atoms with Crippen LogP contribution >= 0.6 is 23.2 Å². The zero-order valence-electron chi connectivity index (χ0n) is 15.4. The normalized spacial score (nSPS) is 29.0. The molecule has 1 saturated carbocycles. The first kappa shape index (κ1) is 20.6. The monoisotopic (exact) mass is 418 g/mol. The molecule has 0 aromatic heterocycles. The van der Waals surface area contributed by atoms with Gasteiger partial charge < -0.3 is 4.90 Å². The molecule has 3 unspecified atom stereocenters. The Morgan fingerprint density at radius 1 is 1.27 bits per heavy atom. The van der Waals surface area contributed by atoms with Gasteiger partial charge in [-0.1, -0.05) is 62.4 Å². The van der Waals surface area contributed by atoms with Crippen molar-refractivity contribution in [3.8, 4) is 0 Å². The topological polar surface area (TPSA) is 52.6 Å². The van der Waals surface area contributed by atoms with Crippen LogP contribution in [0.1, 0.15) is 50.7 Å². The lowest BCUT2D eigenvalue weighted by atomic mass is 9.90. The first-order valence-electron chi connectivity index (χ1n) is 9.43. The maximum Gasteiger partial charge on any atom is 0.232 e. The van der Waals surface area contributed by atoms with Gasteiger partial charge in [0.2, 0.25) is 11.3 Å². The standard InChI is InChI=1S/C19H28Cl2N2O2S/c1-3-4-5-6-9-23-11-14-15(12-23)19(14,2)17-16(20)8-7-13(18(17)21)10-22-26(24)25/h7-8,14-15,22H,3-6,9-12H2,1-2H3,(H,24,25). The predicted molar refractivity (Wildman–Crippen MR) is 109 cm³/mol. The van der Waals surface area contributed by atoms with Crippen LogP contribution < -0.4 is 4.72 Å². The van der Waals surface area contributed by atoms with Gasteiger partial charge >= 0.3 is 0 Å². The summed E-state index contributed by atoms with van der Waals surface area (Å²) in [6, 6.07) is 3.69. The molecule has 2 aliphatic rings. The minimum Gasteiger partial charge on any atom is -0.303 e. The predicted octanol–water partition coefficient (Wildman–Crippen LogP) is 4.62. The molecule has 1 aromatic carbocycles. The Morgan fingerprint density at radius 2 is 1.96 bits per heavy atom. The summed E-state index contributed by atoms with van der Waals surface area (Å²) in [5.74, 6) is 1.19. The van der Waals surface area contributed by atoms with E-state index < -0.39 is 11.3 Å². The Balaban J connectivity index is 1.67. The van der Waals surface area contributed by atoms with Crippen LogP contribution in [0.4, 0.5) is 0 Å². The third kappa shape index (κ3) is 3.98. The van der Waals surface area contributed by atoms with Crippen LogP contribution in [0, 0.1) is 11.8 Å². The summed E-state index contributed by atoms with van der Waals surface area (Å²) in [6.07, 6.45) is 5.20. The zero-order valence-corrected chi connectivity index (χ0v) is 17.8. The third-order valence-corrected chi connectivity index (χ3v) is 7.39. The van der Waals surface area contributed by atoms with Crippen molar-refractivity contribution >= 4 is 34.5 Å². The largest absolute Gasteiger partial charge is 0.303 e. The van der Waals surface area contributed by atoms with Crippen molar-refractivity contribution in [2.75, 3.05) is 19.6 Å². The number of unbranched alkanes of at least 4 members (excludes halogenated alkanes) is 3. The SMILES string of the molecule is CCCCCCN1CC2C(C1)C2(C)c1c(Cl)ccc(CNS(=O)O)c1Cl. The van der Waals surface area contributed by atoms with E-state index in [0.717, 1.165) is 24.2 Å². The van der Waals surface area contributed by atoms with E-state index in [1.54, 1.807) is 0 Å². The van der Waals surface area contributed by atoms with E-state index in [0.29, 0.717) is 21.9 Å². The molecule has 2 N–H and O–H groups in total. The molecule has 0 bridgehead atoms. The number of rotatable bonds is 9. The number of fused-ring (bicyclic) bond motifs is 1. The third-order valence-electron chi connectivity index (χ3n) is 6.25. The summed E-state index contributed by atoms with van der Waals surface area (Å²) < 4.78 is 22.3. The highest BCUT2D eigenvalue weighted by molar-refractivity contribution is 7.77. The van der Waals surface area contributed by atoms with Crippen LogP contribution in [0.5, 0.6) is 0 Å². The first-order valence-corrected chi connectivity index (χ1v) is 11.3. The smallest absolute Gasteiger partial charge is 0.232 e. The molecule has 7 heteroatoms. The van der Waals surface area contributed by atoms with E-state index in [9.17, 15) is 4.21 Å². The van der Waals surface area contributed by atoms with Gasteiger partial charge in [-0.3, -0.25) is 4.55 Å². The van der Waals surface area contributed by atoms with Crippen molar-refractivity contribution in [2.24, 2.45) is 11.8 Å². The Kier molecular flexibility index (Phi) is 6.69. The molecule has 1 heterocycles. The number of nitrogens with zero attached hydrogens (tertiary/aromatic N) is 1. The molecule has 3 atom stereocenters. The Morgan fingerprint density at radius 3 is 2.58 bits per heavy atom. The number of halogens is 2. The fourth-order valence-corrected chi connectivity index (χ4v) is 5.77. The summed E-state index contributed by atoms with van der Waals surface area (Å²) in [5.41, 5.74) is 1.85. The number of piperidine rings is 1. The molecule has 1 aliphatic carbocycles. The van der Waals surface area contributed by atoms with Crippen LogP contribution in [-0.4, -0.2) is 33.3 Å². The van der Waals surface area contributed by atoms with E-state index in [1.165, 1.54) is 32.2 Å². The molecular formula is C19H28Cl2N2O2S. The molecule has 2 fully saturated rings. The van der Waals surface area contributed by atoms with Crippen LogP contribution in [0.2, 0.25) is 10.0 Å². The Hall–Kier alpha value is -0.170. The molecule has 4 nitrogen and oxygen atoms in total. The van der Waals surface area contributed by atoms with Crippen LogP contribution in [0.3, 0.4) is 0 Å². The molecule has 1 aromatic rings. The van der Waals surface area contributed by atoms with Gasteiger partial charge in [-0.15, -0.1) is 0 Å². The lowest BCUT2D eigenvalue weighted by Gasteiger charge is -2.26. The van der Waals surface area contributed by atoms with E-state index >= 15 is 0 Å². The summed E-state index contributed by atoms with van der Waals surface area (Å²) in [4.78, 5) is 2.58. The van der Waals surface area contributed by atoms with Crippen molar-refractivity contribution in [2.45, 2.75) is 51.5 Å². The van der Waals surface area contributed by atoms with Gasteiger partial charge in [0.25, 0.3) is 0 Å². The van der Waals surface area contributed by atoms with Crippen molar-refractivity contribution < 1.29 is 8.76 Å². The number of benzene rings is 1. The van der Waals surface area contributed by atoms with Crippen LogP contribution in [0.25, 0.3) is 0 Å². The number of likely N-dealkylation sites (tertiary alicyclic amines) is 1. The van der Waals surface area contributed by atoms with Crippen molar-refractivity contribution in [3.05, 3.63) is 33.3 Å². The molecule has 0 radical (unpaired) electrons. The Labute approximate surface area is 169 Å². The van der Waals surface area contributed by atoms with Gasteiger partial charge in [-0.2, -0.15) is 0 Å². The zero-order chi connectivity index (χ0) is 18.9. The molecule has 1 aliphatic heterocycles. The summed E-state index contributed by atoms with van der Waals surface area (Å²) in [6.45, 7) is 8.18. The summed E-state index contributed by atoms with van der Waals surface area (Å²) >= 11 is 11.1. The molecule has 146 valence electrons. The fraction of sp³-hybridized carbons (Fsp3) is 0.684. The molecule has 1 saturated heterocycles. The fourth-order valence-electron chi connectivity index (χ4n) is 4.64. The number of hydrogen-bond acceptors (Lipinski definition) is 2. The van der Waals surface area contributed by atoms with E-state index in [-0.39, 0.29) is 12.0 Å². The van der Waals surface area contributed by atoms with Gasteiger partial charge in [0, 0.05) is 30.1 Å². The highest BCUT2D eigenvalue weighted by atomic mass is 35.5. The van der Waals surface area contributed by atoms with Gasteiger partial charge in [0.05, 0.1) is 5.02 Å². The van der Waals surface area contributed by atoms with E-state index in [4.69, 9.17) is 27.8 Å². The molecular weight excluding hydrogens is 391 g/mol. The molecule has 26 heavy (non-hydrogen) atoms. The van der Waals surface area contributed by atoms with Gasteiger partial charge in [-0.25, -0.2) is 8.93 Å². The maximum atomic E-state index is 10.9.